The third kappa shape index (κ3) is 5.34. The number of aryl methyl sites for hydroxylation is 2. The van der Waals surface area contributed by atoms with Crippen LogP contribution in [-0.2, 0) is 16.0 Å². The number of benzene rings is 1. The van der Waals surface area contributed by atoms with Gasteiger partial charge >= 0.3 is 17.7 Å². The average molecular weight is 389 g/mol. The van der Waals surface area contributed by atoms with Crippen molar-refractivity contribution in [1.29, 1.82) is 0 Å². The minimum absolute atomic E-state index is 0.270. The van der Waals surface area contributed by atoms with Gasteiger partial charge in [-0.2, -0.15) is 0 Å². The predicted molar refractivity (Wildman–Crippen MR) is 106 cm³/mol. The molecule has 0 fully saturated rings. The van der Waals surface area contributed by atoms with Gasteiger partial charge < -0.3 is 19.2 Å². The lowest BCUT2D eigenvalue weighted by Crippen LogP contribution is -2.43. The summed E-state index contributed by atoms with van der Waals surface area (Å²) in [5.41, 5.74) is 0.729. The lowest BCUT2D eigenvalue weighted by atomic mass is 10.0. The number of nitrogens with one attached hydrogen (secondary N) is 1. The monoisotopic (exact) mass is 389 g/mol. The molecule has 1 unspecified atom stereocenters. The largest absolute Gasteiger partial charge is 0.444 e. The number of carbonyl (C=O) groups excluding carboxylic acids is 2. The van der Waals surface area contributed by atoms with Crippen molar-refractivity contribution in [3.63, 3.8) is 0 Å². The molecule has 1 amide bonds. The molecule has 0 saturated heterocycles. The number of rotatable bonds is 5. The second-order valence-corrected chi connectivity index (χ2v) is 7.70. The summed E-state index contributed by atoms with van der Waals surface area (Å²) in [4.78, 5) is 36.0. The first-order valence-corrected chi connectivity index (χ1v) is 9.29. The number of ether oxygens (including phenoxy) is 2. The van der Waals surface area contributed by atoms with Gasteiger partial charge in [0.25, 0.3) is 0 Å². The van der Waals surface area contributed by atoms with Crippen molar-refractivity contribution in [3.8, 4) is 5.75 Å². The standard InChI is InChI=1S/C21H27NO6/c1-7-8-14-11-17(23)27-18-12(2)16(10-9-15(14)18)26-19(24)13(3)22-20(25)28-21(4,5)6/h9-11,13H,7-8H2,1-6H3,(H,22,25). The Morgan fingerprint density at radius 2 is 1.93 bits per heavy atom. The molecule has 1 heterocycles. The summed E-state index contributed by atoms with van der Waals surface area (Å²) in [6.07, 6.45) is 0.932. The Kier molecular flexibility index (Phi) is 6.48. The highest BCUT2D eigenvalue weighted by Crippen LogP contribution is 2.29. The Labute approximate surface area is 164 Å². The molecule has 1 atom stereocenters. The lowest BCUT2D eigenvalue weighted by Gasteiger charge is -2.21. The Morgan fingerprint density at radius 3 is 2.54 bits per heavy atom. The van der Waals surface area contributed by atoms with E-state index < -0.39 is 29.3 Å². The molecule has 7 nitrogen and oxygen atoms in total. The van der Waals surface area contributed by atoms with Gasteiger partial charge in [0.15, 0.2) is 0 Å². The number of carbonyl (C=O) groups is 2. The Balaban J connectivity index is 2.22. The highest BCUT2D eigenvalue weighted by atomic mass is 16.6. The van der Waals surface area contributed by atoms with Gasteiger partial charge in [0, 0.05) is 17.0 Å². The van der Waals surface area contributed by atoms with E-state index >= 15 is 0 Å². The summed E-state index contributed by atoms with van der Waals surface area (Å²) in [5, 5.41) is 3.26. The topological polar surface area (TPSA) is 94.8 Å². The van der Waals surface area contributed by atoms with Gasteiger partial charge in [-0.25, -0.2) is 14.4 Å². The van der Waals surface area contributed by atoms with Crippen molar-refractivity contribution in [2.24, 2.45) is 0 Å². The summed E-state index contributed by atoms with van der Waals surface area (Å²) >= 11 is 0. The fourth-order valence-corrected chi connectivity index (χ4v) is 2.73. The molecule has 0 saturated carbocycles. The zero-order chi connectivity index (χ0) is 21.1. The zero-order valence-corrected chi connectivity index (χ0v) is 17.2. The van der Waals surface area contributed by atoms with Crippen LogP contribution >= 0.6 is 0 Å². The first-order valence-electron chi connectivity index (χ1n) is 9.29. The SMILES string of the molecule is CCCc1cc(=O)oc2c(C)c(OC(=O)C(C)NC(=O)OC(C)(C)C)ccc12. The molecule has 0 aliphatic rings. The van der Waals surface area contributed by atoms with Crippen LogP contribution in [0.25, 0.3) is 11.0 Å². The number of fused-ring (bicyclic) bond motifs is 1. The minimum atomic E-state index is -0.914. The molecular weight excluding hydrogens is 362 g/mol. The molecule has 1 N–H and O–H groups in total. The summed E-state index contributed by atoms with van der Waals surface area (Å²) in [6, 6.07) is 4.01. The van der Waals surface area contributed by atoms with Crippen LogP contribution in [0, 0.1) is 6.92 Å². The van der Waals surface area contributed by atoms with Crippen molar-refractivity contribution in [2.45, 2.75) is 66.0 Å². The number of hydrogen-bond donors (Lipinski definition) is 1. The number of esters is 1. The van der Waals surface area contributed by atoms with E-state index in [2.05, 4.69) is 5.32 Å². The van der Waals surface area contributed by atoms with Crippen LogP contribution in [0.15, 0.2) is 27.4 Å². The van der Waals surface area contributed by atoms with E-state index in [9.17, 15) is 14.4 Å². The fraction of sp³-hybridized carbons (Fsp3) is 0.476. The predicted octanol–water partition coefficient (Wildman–Crippen LogP) is 3.87. The maximum absolute atomic E-state index is 12.4. The summed E-state index contributed by atoms with van der Waals surface area (Å²) in [6.45, 7) is 10.4. The quantitative estimate of drug-likeness (QED) is 0.474. The van der Waals surface area contributed by atoms with Gasteiger partial charge in [-0.05, 0) is 58.7 Å². The van der Waals surface area contributed by atoms with E-state index in [1.165, 1.54) is 13.0 Å². The number of amides is 1. The van der Waals surface area contributed by atoms with Crippen molar-refractivity contribution in [2.75, 3.05) is 0 Å². The third-order valence-electron chi connectivity index (χ3n) is 4.01. The van der Waals surface area contributed by atoms with E-state index in [1.54, 1.807) is 39.8 Å². The Morgan fingerprint density at radius 1 is 1.25 bits per heavy atom. The average Bonchev–Trinajstić information content (AvgIpc) is 2.56. The maximum Gasteiger partial charge on any atom is 0.408 e. The zero-order valence-electron chi connectivity index (χ0n) is 17.2. The number of hydrogen-bond acceptors (Lipinski definition) is 6. The van der Waals surface area contributed by atoms with Gasteiger partial charge in [-0.1, -0.05) is 13.3 Å². The third-order valence-corrected chi connectivity index (χ3v) is 4.01. The summed E-state index contributed by atoms with van der Waals surface area (Å²) in [7, 11) is 0. The molecule has 0 aliphatic carbocycles. The fourth-order valence-electron chi connectivity index (χ4n) is 2.73. The van der Waals surface area contributed by atoms with Crippen LogP contribution in [-0.4, -0.2) is 23.7 Å². The molecule has 0 bridgehead atoms. The van der Waals surface area contributed by atoms with Gasteiger partial charge in [-0.15, -0.1) is 0 Å². The van der Waals surface area contributed by atoms with Gasteiger partial charge in [0.2, 0.25) is 0 Å². The first kappa shape index (κ1) is 21.5. The summed E-state index contributed by atoms with van der Waals surface area (Å²) < 4.78 is 15.9. The second kappa shape index (κ2) is 8.46. The Bertz CT molecular complexity index is 938. The van der Waals surface area contributed by atoms with Crippen LogP contribution < -0.4 is 15.7 Å². The van der Waals surface area contributed by atoms with Crippen molar-refractivity contribution in [1.82, 2.24) is 5.32 Å². The highest BCUT2D eigenvalue weighted by molar-refractivity contribution is 5.87. The molecule has 1 aromatic heterocycles. The summed E-state index contributed by atoms with van der Waals surface area (Å²) in [5.74, 6) is -0.382. The second-order valence-electron chi connectivity index (χ2n) is 7.70. The van der Waals surface area contributed by atoms with E-state index in [4.69, 9.17) is 13.9 Å². The van der Waals surface area contributed by atoms with Gasteiger partial charge in [0.1, 0.15) is 23.0 Å². The molecule has 28 heavy (non-hydrogen) atoms. The normalized spacial score (nSPS) is 12.5. The molecule has 2 rings (SSSR count). The van der Waals surface area contributed by atoms with E-state index in [-0.39, 0.29) is 5.75 Å². The van der Waals surface area contributed by atoms with Crippen LogP contribution in [0.4, 0.5) is 4.79 Å². The molecular formula is C21H27NO6. The minimum Gasteiger partial charge on any atom is -0.444 e. The van der Waals surface area contributed by atoms with E-state index in [0.29, 0.717) is 11.1 Å². The highest BCUT2D eigenvalue weighted by Gasteiger charge is 2.23. The molecule has 1 aromatic carbocycles. The molecule has 0 radical (unpaired) electrons. The van der Waals surface area contributed by atoms with Gasteiger partial charge in [-0.3, -0.25) is 0 Å². The molecule has 0 aliphatic heterocycles. The number of alkyl carbamates (subject to hydrolysis) is 1. The first-order chi connectivity index (χ1) is 13.0. The molecule has 152 valence electrons. The van der Waals surface area contributed by atoms with Crippen LogP contribution in [0.2, 0.25) is 0 Å². The van der Waals surface area contributed by atoms with Crippen molar-refractivity contribution in [3.05, 3.63) is 39.7 Å². The molecule has 7 heteroatoms. The van der Waals surface area contributed by atoms with E-state index in [1.807, 2.05) is 6.92 Å². The van der Waals surface area contributed by atoms with Gasteiger partial charge in [0.05, 0.1) is 0 Å². The van der Waals surface area contributed by atoms with Crippen molar-refractivity contribution >= 4 is 23.0 Å². The maximum atomic E-state index is 12.4. The lowest BCUT2D eigenvalue weighted by molar-refractivity contribution is -0.136. The van der Waals surface area contributed by atoms with Crippen LogP contribution in [0.5, 0.6) is 5.75 Å². The molecule has 2 aromatic rings. The van der Waals surface area contributed by atoms with E-state index in [0.717, 1.165) is 23.8 Å². The van der Waals surface area contributed by atoms with Crippen LogP contribution in [0.3, 0.4) is 0 Å². The van der Waals surface area contributed by atoms with Crippen molar-refractivity contribution < 1.29 is 23.5 Å². The van der Waals surface area contributed by atoms with Crippen LogP contribution in [0.1, 0.15) is 52.2 Å². The Hall–Kier alpha value is -2.83. The smallest absolute Gasteiger partial charge is 0.408 e. The molecule has 0 spiro atoms.